The largest absolute Gasteiger partial charge is 0.475 e. The monoisotopic (exact) mass is 240 g/mol. The summed E-state index contributed by atoms with van der Waals surface area (Å²) in [6.07, 6.45) is 0.844. The lowest BCUT2D eigenvalue weighted by molar-refractivity contribution is -0.0164. The summed E-state index contributed by atoms with van der Waals surface area (Å²) in [5.41, 5.74) is 0.857. The lowest BCUT2D eigenvalue weighted by Crippen LogP contribution is -2.43. The summed E-state index contributed by atoms with van der Waals surface area (Å²) in [6, 6.07) is 3.67. The zero-order chi connectivity index (χ0) is 12.3. The third kappa shape index (κ3) is 3.14. The third-order valence-electron chi connectivity index (χ3n) is 2.74. The number of aliphatic hydroxyl groups excluding tert-OH is 1. The molecule has 2 unspecified atom stereocenters. The minimum Gasteiger partial charge on any atom is -0.475 e. The maximum Gasteiger partial charge on any atom is 0.217 e. The number of alkyl halides is 1. The summed E-state index contributed by atoms with van der Waals surface area (Å²) in [6.45, 7) is 3.12. The van der Waals surface area contributed by atoms with Crippen LogP contribution >= 0.6 is 0 Å². The van der Waals surface area contributed by atoms with E-state index in [0.29, 0.717) is 18.8 Å². The molecule has 94 valence electrons. The maximum atomic E-state index is 13.1. The van der Waals surface area contributed by atoms with Crippen LogP contribution < -0.4 is 4.74 Å². The number of rotatable bonds is 5. The van der Waals surface area contributed by atoms with Crippen molar-refractivity contribution in [2.75, 3.05) is 13.2 Å². The zero-order valence-electron chi connectivity index (χ0n) is 9.84. The first-order valence-corrected chi connectivity index (χ1v) is 5.79. The number of pyridine rings is 1. The van der Waals surface area contributed by atoms with E-state index in [4.69, 9.17) is 9.84 Å². The van der Waals surface area contributed by atoms with Crippen molar-refractivity contribution in [1.82, 2.24) is 9.88 Å². The topological polar surface area (TPSA) is 45.6 Å². The van der Waals surface area contributed by atoms with Crippen LogP contribution in [0.25, 0.3) is 0 Å². The first-order chi connectivity index (χ1) is 8.16. The van der Waals surface area contributed by atoms with Gasteiger partial charge in [0.05, 0.1) is 6.10 Å². The number of aliphatic hydroxyl groups is 1. The number of hydrogen-bond acceptors (Lipinski definition) is 4. The van der Waals surface area contributed by atoms with Crippen molar-refractivity contribution in [1.29, 1.82) is 0 Å². The summed E-state index contributed by atoms with van der Waals surface area (Å²) in [4.78, 5) is 5.83. The van der Waals surface area contributed by atoms with E-state index in [1.807, 2.05) is 6.07 Å². The van der Waals surface area contributed by atoms with E-state index in [1.54, 1.807) is 24.1 Å². The Kier molecular flexibility index (Phi) is 3.91. The van der Waals surface area contributed by atoms with Crippen LogP contribution in [0.3, 0.4) is 0 Å². The molecule has 17 heavy (non-hydrogen) atoms. The van der Waals surface area contributed by atoms with E-state index in [0.717, 1.165) is 12.1 Å². The van der Waals surface area contributed by atoms with Gasteiger partial charge in [0.25, 0.3) is 0 Å². The molecule has 1 fully saturated rings. The Morgan fingerprint density at radius 1 is 1.71 bits per heavy atom. The van der Waals surface area contributed by atoms with Crippen molar-refractivity contribution in [2.24, 2.45) is 0 Å². The van der Waals surface area contributed by atoms with Crippen molar-refractivity contribution in [3.8, 4) is 5.88 Å². The SMILES string of the molecule is CC(O)COc1ncccc1CN1CCC1F. The Bertz CT molecular complexity index is 373. The molecule has 1 aromatic rings. The fourth-order valence-electron chi connectivity index (χ4n) is 1.68. The maximum absolute atomic E-state index is 13.1. The highest BCUT2D eigenvalue weighted by Crippen LogP contribution is 2.24. The molecule has 0 saturated carbocycles. The van der Waals surface area contributed by atoms with Gasteiger partial charge in [-0.2, -0.15) is 0 Å². The molecule has 1 aromatic heterocycles. The summed E-state index contributed by atoms with van der Waals surface area (Å²) >= 11 is 0. The van der Waals surface area contributed by atoms with Crippen LogP contribution in [0, 0.1) is 0 Å². The number of ether oxygens (including phenoxy) is 1. The van der Waals surface area contributed by atoms with Crippen molar-refractivity contribution in [3.05, 3.63) is 23.9 Å². The Hall–Kier alpha value is -1.20. The van der Waals surface area contributed by atoms with Gasteiger partial charge in [0, 0.05) is 31.3 Å². The van der Waals surface area contributed by atoms with Gasteiger partial charge in [-0.3, -0.25) is 4.90 Å². The molecule has 0 radical (unpaired) electrons. The van der Waals surface area contributed by atoms with E-state index < -0.39 is 12.4 Å². The number of aromatic nitrogens is 1. The molecular weight excluding hydrogens is 223 g/mol. The van der Waals surface area contributed by atoms with Crippen LogP contribution in [-0.2, 0) is 6.54 Å². The van der Waals surface area contributed by atoms with Crippen molar-refractivity contribution >= 4 is 0 Å². The van der Waals surface area contributed by atoms with Gasteiger partial charge in [-0.05, 0) is 13.0 Å². The average Bonchev–Trinajstić information content (AvgIpc) is 2.32. The first kappa shape index (κ1) is 12.3. The molecule has 2 heterocycles. The molecule has 0 aliphatic carbocycles. The van der Waals surface area contributed by atoms with Crippen LogP contribution in [0.15, 0.2) is 18.3 Å². The lowest BCUT2D eigenvalue weighted by Gasteiger charge is -2.35. The number of likely N-dealkylation sites (tertiary alicyclic amines) is 1. The standard InChI is InChI=1S/C12H17FN2O2/c1-9(16)8-17-12-10(3-2-5-14-12)7-15-6-4-11(15)13/h2-3,5,9,11,16H,4,6-8H2,1H3. The highest BCUT2D eigenvalue weighted by Gasteiger charge is 2.28. The molecule has 1 aliphatic heterocycles. The van der Waals surface area contributed by atoms with Crippen LogP contribution in [0.2, 0.25) is 0 Å². The first-order valence-electron chi connectivity index (χ1n) is 5.79. The summed E-state index contributed by atoms with van der Waals surface area (Å²) in [5.74, 6) is 0.479. The number of halogens is 1. The van der Waals surface area contributed by atoms with Gasteiger partial charge < -0.3 is 9.84 Å². The normalized spacial score (nSPS) is 21.9. The molecule has 4 nitrogen and oxygen atoms in total. The Balaban J connectivity index is 1.99. The predicted molar refractivity (Wildman–Crippen MR) is 61.3 cm³/mol. The smallest absolute Gasteiger partial charge is 0.217 e. The number of hydrogen-bond donors (Lipinski definition) is 1. The average molecular weight is 240 g/mol. The number of nitrogens with zero attached hydrogens (tertiary/aromatic N) is 2. The van der Waals surface area contributed by atoms with Crippen molar-refractivity contribution < 1.29 is 14.2 Å². The molecule has 1 N–H and O–H groups in total. The molecule has 2 atom stereocenters. The highest BCUT2D eigenvalue weighted by molar-refractivity contribution is 5.25. The Morgan fingerprint density at radius 2 is 2.53 bits per heavy atom. The summed E-state index contributed by atoms with van der Waals surface area (Å²) in [7, 11) is 0. The van der Waals surface area contributed by atoms with E-state index in [2.05, 4.69) is 4.98 Å². The van der Waals surface area contributed by atoms with Crippen LogP contribution in [0.5, 0.6) is 5.88 Å². The van der Waals surface area contributed by atoms with E-state index in [9.17, 15) is 4.39 Å². The van der Waals surface area contributed by atoms with Gasteiger partial charge in [0.15, 0.2) is 6.30 Å². The van der Waals surface area contributed by atoms with Crippen molar-refractivity contribution in [2.45, 2.75) is 32.3 Å². The lowest BCUT2D eigenvalue weighted by atomic mass is 10.1. The fourth-order valence-corrected chi connectivity index (χ4v) is 1.68. The quantitative estimate of drug-likeness (QED) is 0.789. The van der Waals surface area contributed by atoms with E-state index in [-0.39, 0.29) is 6.61 Å². The summed E-state index contributed by atoms with van der Waals surface area (Å²) in [5, 5.41) is 9.16. The third-order valence-corrected chi connectivity index (χ3v) is 2.74. The molecule has 0 spiro atoms. The molecule has 1 aliphatic rings. The minimum absolute atomic E-state index is 0.197. The van der Waals surface area contributed by atoms with Gasteiger partial charge in [0.2, 0.25) is 5.88 Å². The Morgan fingerprint density at radius 3 is 3.12 bits per heavy atom. The molecule has 2 rings (SSSR count). The van der Waals surface area contributed by atoms with Gasteiger partial charge >= 0.3 is 0 Å². The molecule has 0 aromatic carbocycles. The van der Waals surface area contributed by atoms with Gasteiger partial charge in [0.1, 0.15) is 6.61 Å². The van der Waals surface area contributed by atoms with Crippen LogP contribution in [0.1, 0.15) is 18.9 Å². The minimum atomic E-state index is -0.847. The second kappa shape index (κ2) is 5.42. The summed E-state index contributed by atoms with van der Waals surface area (Å²) < 4.78 is 18.5. The van der Waals surface area contributed by atoms with E-state index >= 15 is 0 Å². The molecular formula is C12H17FN2O2. The highest BCUT2D eigenvalue weighted by atomic mass is 19.1. The van der Waals surface area contributed by atoms with Crippen molar-refractivity contribution in [3.63, 3.8) is 0 Å². The van der Waals surface area contributed by atoms with Gasteiger partial charge in [-0.1, -0.05) is 6.07 Å². The molecule has 0 amide bonds. The molecule has 5 heteroatoms. The van der Waals surface area contributed by atoms with Gasteiger partial charge in [-0.15, -0.1) is 0 Å². The van der Waals surface area contributed by atoms with E-state index in [1.165, 1.54) is 0 Å². The Labute approximate surface area is 100 Å². The second-order valence-electron chi connectivity index (χ2n) is 4.32. The van der Waals surface area contributed by atoms with Gasteiger partial charge in [-0.25, -0.2) is 9.37 Å². The zero-order valence-corrected chi connectivity index (χ0v) is 9.84. The second-order valence-corrected chi connectivity index (χ2v) is 4.32. The molecule has 0 bridgehead atoms. The fraction of sp³-hybridized carbons (Fsp3) is 0.583. The molecule has 1 saturated heterocycles. The van der Waals surface area contributed by atoms with Crippen LogP contribution in [0.4, 0.5) is 4.39 Å². The van der Waals surface area contributed by atoms with Crippen LogP contribution in [-0.4, -0.2) is 40.5 Å². The predicted octanol–water partition coefficient (Wildman–Crippen LogP) is 1.34.